The van der Waals surface area contributed by atoms with E-state index in [1.807, 2.05) is 6.41 Å². The molecule has 0 heterocycles. The monoisotopic (exact) mass is 128 g/mol. The van der Waals surface area contributed by atoms with Crippen LogP contribution in [0.25, 0.3) is 0 Å². The molecule has 0 rings (SSSR count). The maximum Gasteiger partial charge on any atom is 0.311 e. The normalized spacial score (nSPS) is 9.11. The van der Waals surface area contributed by atoms with Gasteiger partial charge >= 0.3 is 6.41 Å². The summed E-state index contributed by atoms with van der Waals surface area (Å²) in [6.07, 6.45) is 5.31. The molecule has 0 unspecified atom stereocenters. The van der Waals surface area contributed by atoms with Crippen molar-refractivity contribution < 1.29 is 4.79 Å². The van der Waals surface area contributed by atoms with E-state index in [9.17, 15) is 4.79 Å². The molecule has 2 nitrogen and oxygen atoms in total. The number of unbranched alkanes of at least 4 members (excludes halogenated alkanes) is 2. The SMILES string of the molecule is CCCCCN(C)[C]=O. The molecule has 1 amide bonds. The zero-order valence-corrected chi connectivity index (χ0v) is 6.18. The Hall–Kier alpha value is -0.530. The number of hydrogen-bond donors (Lipinski definition) is 0. The third kappa shape index (κ3) is 5.34. The van der Waals surface area contributed by atoms with E-state index in [1.54, 1.807) is 11.9 Å². The number of nitrogens with zero attached hydrogens (tertiary/aromatic N) is 1. The van der Waals surface area contributed by atoms with Gasteiger partial charge < -0.3 is 4.90 Å². The molecule has 0 spiro atoms. The van der Waals surface area contributed by atoms with Crippen LogP contribution < -0.4 is 0 Å². The topological polar surface area (TPSA) is 20.3 Å². The van der Waals surface area contributed by atoms with Gasteiger partial charge in [0.2, 0.25) is 0 Å². The lowest BCUT2D eigenvalue weighted by Gasteiger charge is -2.06. The molecule has 0 N–H and O–H groups in total. The minimum atomic E-state index is 0.845. The van der Waals surface area contributed by atoms with Crippen LogP contribution in [0.1, 0.15) is 26.2 Å². The lowest BCUT2D eigenvalue weighted by atomic mass is 10.2. The minimum Gasteiger partial charge on any atom is -0.338 e. The van der Waals surface area contributed by atoms with Crippen molar-refractivity contribution in [3.63, 3.8) is 0 Å². The van der Waals surface area contributed by atoms with Gasteiger partial charge in [-0.15, -0.1) is 0 Å². The molecule has 1 radical (unpaired) electrons. The van der Waals surface area contributed by atoms with Gasteiger partial charge in [-0.25, -0.2) is 0 Å². The molecule has 0 saturated carbocycles. The Morgan fingerprint density at radius 1 is 1.44 bits per heavy atom. The van der Waals surface area contributed by atoms with Crippen molar-refractivity contribution in [2.75, 3.05) is 13.6 Å². The Kier molecular flexibility index (Phi) is 5.27. The zero-order chi connectivity index (χ0) is 7.11. The van der Waals surface area contributed by atoms with Crippen LogP contribution in [0.15, 0.2) is 0 Å². The smallest absolute Gasteiger partial charge is 0.311 e. The number of rotatable bonds is 5. The summed E-state index contributed by atoms with van der Waals surface area (Å²) >= 11 is 0. The standard InChI is InChI=1S/C7H14NO/c1-3-4-5-6-8(2)7-9/h3-6H2,1-2H3. The predicted molar refractivity (Wildman–Crippen MR) is 37.8 cm³/mol. The third-order valence-corrected chi connectivity index (χ3v) is 1.25. The fourth-order valence-corrected chi connectivity index (χ4v) is 0.645. The van der Waals surface area contributed by atoms with Crippen molar-refractivity contribution in [2.45, 2.75) is 26.2 Å². The lowest BCUT2D eigenvalue weighted by Crippen LogP contribution is -2.16. The molecule has 0 aliphatic rings. The van der Waals surface area contributed by atoms with Crippen LogP contribution in [0.5, 0.6) is 0 Å². The molecule has 0 fully saturated rings. The van der Waals surface area contributed by atoms with Crippen LogP contribution in [0, 0.1) is 0 Å². The number of amides is 1. The van der Waals surface area contributed by atoms with Crippen molar-refractivity contribution in [3.8, 4) is 0 Å². The Balaban J connectivity index is 2.96. The largest absolute Gasteiger partial charge is 0.338 e. The molecule has 2 heteroatoms. The highest BCUT2D eigenvalue weighted by molar-refractivity contribution is 5.47. The second-order valence-corrected chi connectivity index (χ2v) is 2.22. The highest BCUT2D eigenvalue weighted by Gasteiger charge is 1.91. The van der Waals surface area contributed by atoms with Crippen LogP contribution in [0.3, 0.4) is 0 Å². The van der Waals surface area contributed by atoms with Crippen molar-refractivity contribution >= 4 is 6.41 Å². The first-order valence-corrected chi connectivity index (χ1v) is 3.40. The summed E-state index contributed by atoms with van der Waals surface area (Å²) in [6.45, 7) is 2.99. The quantitative estimate of drug-likeness (QED) is 0.402. The van der Waals surface area contributed by atoms with E-state index < -0.39 is 0 Å². The lowest BCUT2D eigenvalue weighted by molar-refractivity contribution is 0.422. The molecule has 9 heavy (non-hydrogen) atoms. The van der Waals surface area contributed by atoms with E-state index >= 15 is 0 Å². The summed E-state index contributed by atoms with van der Waals surface area (Å²) < 4.78 is 0. The molecule has 0 aromatic rings. The van der Waals surface area contributed by atoms with Crippen molar-refractivity contribution in [2.24, 2.45) is 0 Å². The Morgan fingerprint density at radius 3 is 2.56 bits per heavy atom. The first kappa shape index (κ1) is 8.47. The van der Waals surface area contributed by atoms with Gasteiger partial charge in [-0.05, 0) is 6.42 Å². The second kappa shape index (κ2) is 5.60. The van der Waals surface area contributed by atoms with Crippen molar-refractivity contribution in [1.29, 1.82) is 0 Å². The van der Waals surface area contributed by atoms with E-state index in [-0.39, 0.29) is 0 Å². The fourth-order valence-electron chi connectivity index (χ4n) is 0.645. The van der Waals surface area contributed by atoms with E-state index in [2.05, 4.69) is 6.92 Å². The van der Waals surface area contributed by atoms with Gasteiger partial charge in [-0.1, -0.05) is 19.8 Å². The van der Waals surface area contributed by atoms with E-state index in [1.165, 1.54) is 12.8 Å². The van der Waals surface area contributed by atoms with Crippen LogP contribution in [0.4, 0.5) is 0 Å². The highest BCUT2D eigenvalue weighted by atomic mass is 16.1. The van der Waals surface area contributed by atoms with Gasteiger partial charge in [0.25, 0.3) is 0 Å². The fraction of sp³-hybridized carbons (Fsp3) is 0.857. The summed E-state index contributed by atoms with van der Waals surface area (Å²) in [5.41, 5.74) is 0. The van der Waals surface area contributed by atoms with E-state index in [0.717, 1.165) is 13.0 Å². The van der Waals surface area contributed by atoms with Crippen LogP contribution in [-0.4, -0.2) is 24.9 Å². The Labute approximate surface area is 56.9 Å². The highest BCUT2D eigenvalue weighted by Crippen LogP contribution is 1.93. The molecule has 0 aromatic heterocycles. The molecule has 53 valence electrons. The summed E-state index contributed by atoms with van der Waals surface area (Å²) in [7, 11) is 1.75. The molecule has 0 aromatic carbocycles. The van der Waals surface area contributed by atoms with E-state index in [4.69, 9.17) is 0 Å². The van der Waals surface area contributed by atoms with Gasteiger partial charge in [-0.3, -0.25) is 4.79 Å². The van der Waals surface area contributed by atoms with Crippen molar-refractivity contribution in [3.05, 3.63) is 0 Å². The molecule has 0 aliphatic heterocycles. The van der Waals surface area contributed by atoms with Crippen molar-refractivity contribution in [1.82, 2.24) is 4.90 Å². The summed E-state index contributed by atoms with van der Waals surface area (Å²) in [4.78, 5) is 11.5. The van der Waals surface area contributed by atoms with Gasteiger partial charge in [-0.2, -0.15) is 0 Å². The molecule has 0 aliphatic carbocycles. The van der Waals surface area contributed by atoms with Gasteiger partial charge in [0.05, 0.1) is 0 Å². The van der Waals surface area contributed by atoms with Crippen LogP contribution in [-0.2, 0) is 4.79 Å². The summed E-state index contributed by atoms with van der Waals surface area (Å²) in [5, 5.41) is 0. The Bertz CT molecular complexity index is 73.3. The van der Waals surface area contributed by atoms with Crippen LogP contribution in [0.2, 0.25) is 0 Å². The average molecular weight is 128 g/mol. The first-order chi connectivity index (χ1) is 4.31. The molecular formula is C7H14NO. The second-order valence-electron chi connectivity index (χ2n) is 2.22. The third-order valence-electron chi connectivity index (χ3n) is 1.25. The number of hydrogen-bond acceptors (Lipinski definition) is 1. The minimum absolute atomic E-state index is 0.845. The van der Waals surface area contributed by atoms with Gasteiger partial charge in [0.15, 0.2) is 0 Å². The van der Waals surface area contributed by atoms with Crippen LogP contribution >= 0.6 is 0 Å². The predicted octanol–water partition coefficient (Wildman–Crippen LogP) is 1.18. The molecular weight excluding hydrogens is 114 g/mol. The maximum atomic E-state index is 9.90. The summed E-state index contributed by atoms with van der Waals surface area (Å²) in [5.74, 6) is 0. The molecule has 0 bridgehead atoms. The maximum absolute atomic E-state index is 9.90. The van der Waals surface area contributed by atoms with Gasteiger partial charge in [0, 0.05) is 13.6 Å². The average Bonchev–Trinajstić information content (AvgIpc) is 1.89. The first-order valence-electron chi connectivity index (χ1n) is 3.40. The Morgan fingerprint density at radius 2 is 2.11 bits per heavy atom. The number of carbonyl (C=O) groups excluding carboxylic acids is 1. The van der Waals surface area contributed by atoms with Gasteiger partial charge in [0.1, 0.15) is 0 Å². The summed E-state index contributed by atoms with van der Waals surface area (Å²) in [6, 6.07) is 0. The van der Waals surface area contributed by atoms with E-state index in [0.29, 0.717) is 0 Å². The molecule has 0 atom stereocenters. The molecule has 0 saturated heterocycles. The zero-order valence-electron chi connectivity index (χ0n) is 6.18.